The number of allylic oxidation sites excluding steroid dienone is 1. The van der Waals surface area contributed by atoms with E-state index >= 15 is 0 Å². The smallest absolute Gasteiger partial charge is 0.259 e. The summed E-state index contributed by atoms with van der Waals surface area (Å²) in [6.07, 6.45) is 6.79. The van der Waals surface area contributed by atoms with E-state index in [0.717, 1.165) is 25.7 Å². The summed E-state index contributed by atoms with van der Waals surface area (Å²) in [6.45, 7) is 13.5. The van der Waals surface area contributed by atoms with Crippen LogP contribution in [0.25, 0.3) is 0 Å². The van der Waals surface area contributed by atoms with E-state index in [1.54, 1.807) is 0 Å². The molecule has 0 aromatic rings. The molecule has 0 aromatic carbocycles. The lowest BCUT2D eigenvalue weighted by atomic mass is 10.2. The maximum atomic E-state index is 8.65. The molecule has 0 bridgehead atoms. The minimum absolute atomic E-state index is 0.360. The van der Waals surface area contributed by atoms with Crippen molar-refractivity contribution >= 4 is 8.53 Å². The quantitative estimate of drug-likeness (QED) is 0.272. The monoisotopic (exact) mass is 314 g/mol. The number of nitrogens with zero attached hydrogens (tertiary/aromatic N) is 2. The van der Waals surface area contributed by atoms with Gasteiger partial charge in [0.15, 0.2) is 0 Å². The predicted octanol–water partition coefficient (Wildman–Crippen LogP) is 5.03. The average Bonchev–Trinajstić information content (AvgIpc) is 2.41. The molecular weight excluding hydrogens is 283 g/mol. The second-order valence-corrected chi connectivity index (χ2v) is 6.97. The topological polar surface area (TPSA) is 45.5 Å². The third kappa shape index (κ3) is 9.98. The Labute approximate surface area is 132 Å². The van der Waals surface area contributed by atoms with Crippen LogP contribution in [0.2, 0.25) is 0 Å². The highest BCUT2D eigenvalue weighted by Crippen LogP contribution is 2.46. The largest absolute Gasteiger partial charge is 0.322 e. The normalized spacial score (nSPS) is 12.9. The van der Waals surface area contributed by atoms with E-state index in [0.29, 0.717) is 31.7 Å². The molecule has 0 radical (unpaired) electrons. The first-order chi connectivity index (χ1) is 10.0. The van der Waals surface area contributed by atoms with Crippen LogP contribution in [0.15, 0.2) is 12.7 Å². The molecule has 0 spiro atoms. The molecular formula is C16H31N2O2P. The number of unbranched alkanes of at least 4 members (excludes halogenated alkanes) is 3. The van der Waals surface area contributed by atoms with Gasteiger partial charge in [-0.1, -0.05) is 12.5 Å². The number of hydrogen-bond donors (Lipinski definition) is 0. The highest BCUT2D eigenvalue weighted by molar-refractivity contribution is 7.44. The first-order valence-corrected chi connectivity index (χ1v) is 8.99. The Balaban J connectivity index is 4.30. The third-order valence-corrected chi connectivity index (χ3v) is 5.02. The highest BCUT2D eigenvalue weighted by atomic mass is 31.2. The van der Waals surface area contributed by atoms with Gasteiger partial charge in [0, 0.05) is 12.1 Å². The van der Waals surface area contributed by atoms with Crippen LogP contribution < -0.4 is 0 Å². The van der Waals surface area contributed by atoms with Crippen molar-refractivity contribution in [1.82, 2.24) is 4.67 Å². The van der Waals surface area contributed by atoms with Crippen LogP contribution >= 0.6 is 8.53 Å². The van der Waals surface area contributed by atoms with E-state index in [-0.39, 0.29) is 0 Å². The molecule has 0 aromatic heterocycles. The highest BCUT2D eigenvalue weighted by Gasteiger charge is 2.26. The Hall–Kier alpha value is -0.460. The molecule has 21 heavy (non-hydrogen) atoms. The van der Waals surface area contributed by atoms with Crippen LogP contribution in [0, 0.1) is 11.3 Å². The summed E-state index contributed by atoms with van der Waals surface area (Å²) in [7, 11) is -1.08. The van der Waals surface area contributed by atoms with E-state index in [1.807, 2.05) is 6.08 Å². The van der Waals surface area contributed by atoms with Gasteiger partial charge < -0.3 is 9.05 Å². The Morgan fingerprint density at radius 1 is 1.10 bits per heavy atom. The first-order valence-electron chi connectivity index (χ1n) is 7.86. The van der Waals surface area contributed by atoms with Gasteiger partial charge in [0.05, 0.1) is 25.7 Å². The molecule has 0 fully saturated rings. The molecule has 0 saturated carbocycles. The maximum Gasteiger partial charge on any atom is 0.259 e. The van der Waals surface area contributed by atoms with Gasteiger partial charge >= 0.3 is 0 Å². The molecule has 0 saturated heterocycles. The second-order valence-electron chi connectivity index (χ2n) is 5.52. The molecule has 0 amide bonds. The molecule has 4 nitrogen and oxygen atoms in total. The molecule has 0 aliphatic rings. The molecule has 0 N–H and O–H groups in total. The fourth-order valence-electron chi connectivity index (χ4n) is 2.02. The molecule has 0 rings (SSSR count). The lowest BCUT2D eigenvalue weighted by molar-refractivity contribution is 0.174. The maximum absolute atomic E-state index is 8.65. The summed E-state index contributed by atoms with van der Waals surface area (Å²) in [5, 5.41) is 8.65. The zero-order valence-corrected chi connectivity index (χ0v) is 14.9. The molecule has 5 heteroatoms. The van der Waals surface area contributed by atoms with Crippen LogP contribution in [-0.2, 0) is 9.05 Å². The van der Waals surface area contributed by atoms with Gasteiger partial charge in [-0.15, -0.1) is 6.58 Å². The average molecular weight is 314 g/mol. The van der Waals surface area contributed by atoms with E-state index < -0.39 is 8.53 Å². The van der Waals surface area contributed by atoms with E-state index in [4.69, 9.17) is 14.3 Å². The van der Waals surface area contributed by atoms with Crippen LogP contribution in [0.5, 0.6) is 0 Å². The Kier molecular flexibility index (Phi) is 12.9. The van der Waals surface area contributed by atoms with Crippen LogP contribution in [0.4, 0.5) is 0 Å². The summed E-state index contributed by atoms with van der Waals surface area (Å²) in [6, 6.07) is 2.83. The summed E-state index contributed by atoms with van der Waals surface area (Å²) in [4.78, 5) is 0. The fourth-order valence-corrected chi connectivity index (χ4v) is 3.65. The lowest BCUT2D eigenvalue weighted by Gasteiger charge is -2.35. The van der Waals surface area contributed by atoms with Gasteiger partial charge in [0.25, 0.3) is 8.53 Å². The van der Waals surface area contributed by atoms with Crippen molar-refractivity contribution < 1.29 is 9.05 Å². The zero-order chi connectivity index (χ0) is 16.1. The van der Waals surface area contributed by atoms with Crippen molar-refractivity contribution in [3.63, 3.8) is 0 Å². The van der Waals surface area contributed by atoms with Gasteiger partial charge in [0.1, 0.15) is 0 Å². The van der Waals surface area contributed by atoms with Gasteiger partial charge in [-0.25, -0.2) is 4.67 Å². The number of rotatable bonds is 13. The molecule has 122 valence electrons. The summed E-state index contributed by atoms with van der Waals surface area (Å²) in [5.74, 6) is 0. The predicted molar refractivity (Wildman–Crippen MR) is 89.8 cm³/mol. The minimum Gasteiger partial charge on any atom is -0.322 e. The molecule has 0 aliphatic heterocycles. The van der Waals surface area contributed by atoms with Crippen molar-refractivity contribution in [3.8, 4) is 6.07 Å². The number of nitriles is 1. The van der Waals surface area contributed by atoms with Crippen molar-refractivity contribution in [2.24, 2.45) is 0 Å². The molecule has 1 unspecified atom stereocenters. The van der Waals surface area contributed by atoms with Crippen molar-refractivity contribution in [2.45, 2.75) is 71.9 Å². The van der Waals surface area contributed by atoms with Gasteiger partial charge in [-0.2, -0.15) is 5.26 Å². The van der Waals surface area contributed by atoms with Crippen molar-refractivity contribution in [3.05, 3.63) is 12.7 Å². The van der Waals surface area contributed by atoms with E-state index in [1.165, 1.54) is 0 Å². The molecule has 1 atom stereocenters. The van der Waals surface area contributed by atoms with E-state index in [2.05, 4.69) is 45.0 Å². The van der Waals surface area contributed by atoms with Crippen LogP contribution in [-0.4, -0.2) is 30.0 Å². The standard InChI is InChI=1S/C16H31N2O2P/c1-6-7-8-9-10-13-19-21(20-14-11-12-17)18(15(2)3)16(4)5/h6,15-16H,1,7-11,13-14H2,2-5H3. The zero-order valence-electron chi connectivity index (χ0n) is 14.0. The number of hydrogen-bond acceptors (Lipinski definition) is 4. The van der Waals surface area contributed by atoms with E-state index in [9.17, 15) is 0 Å². The summed E-state index contributed by atoms with van der Waals surface area (Å²) < 4.78 is 14.1. The van der Waals surface area contributed by atoms with Gasteiger partial charge in [-0.3, -0.25) is 0 Å². The van der Waals surface area contributed by atoms with Gasteiger partial charge in [0.2, 0.25) is 0 Å². The third-order valence-electron chi connectivity index (χ3n) is 2.92. The second kappa shape index (κ2) is 13.2. The van der Waals surface area contributed by atoms with Crippen molar-refractivity contribution in [2.75, 3.05) is 13.2 Å². The molecule has 0 aliphatic carbocycles. The minimum atomic E-state index is -1.08. The fraction of sp³-hybridized carbons (Fsp3) is 0.812. The van der Waals surface area contributed by atoms with Gasteiger partial charge in [-0.05, 0) is 47.0 Å². The SMILES string of the molecule is C=CCCCCCOP(OCCC#N)N(C(C)C)C(C)C. The lowest BCUT2D eigenvalue weighted by Crippen LogP contribution is -2.33. The molecule has 0 heterocycles. The Morgan fingerprint density at radius 3 is 2.24 bits per heavy atom. The van der Waals surface area contributed by atoms with Crippen molar-refractivity contribution in [1.29, 1.82) is 5.26 Å². The Morgan fingerprint density at radius 2 is 1.71 bits per heavy atom. The summed E-state index contributed by atoms with van der Waals surface area (Å²) in [5.41, 5.74) is 0. The van der Waals surface area contributed by atoms with Crippen LogP contribution in [0.1, 0.15) is 59.8 Å². The first kappa shape index (κ1) is 20.5. The van der Waals surface area contributed by atoms with Crippen LogP contribution in [0.3, 0.4) is 0 Å². The summed E-state index contributed by atoms with van der Waals surface area (Å²) >= 11 is 0. The Bertz CT molecular complexity index is 295.